The molecule has 0 bridgehead atoms. The van der Waals surface area contributed by atoms with Crippen molar-refractivity contribution in [2.24, 2.45) is 0 Å². The Hall–Kier alpha value is -2.12. The lowest BCUT2D eigenvalue weighted by molar-refractivity contribution is -0.119. The Morgan fingerprint density at radius 1 is 1.32 bits per heavy atom. The molecule has 1 aromatic carbocycles. The highest BCUT2D eigenvalue weighted by molar-refractivity contribution is 7.99. The second-order valence-electron chi connectivity index (χ2n) is 5.78. The number of hydrogen-bond donors (Lipinski definition) is 1. The van der Waals surface area contributed by atoms with Crippen molar-refractivity contribution >= 4 is 35.0 Å². The van der Waals surface area contributed by atoms with E-state index in [1.807, 2.05) is 51.1 Å². The van der Waals surface area contributed by atoms with Gasteiger partial charge < -0.3 is 5.32 Å². The Morgan fingerprint density at radius 2 is 2.12 bits per heavy atom. The molecule has 1 amide bonds. The van der Waals surface area contributed by atoms with Gasteiger partial charge in [0, 0.05) is 16.4 Å². The summed E-state index contributed by atoms with van der Waals surface area (Å²) in [6, 6.07) is 9.28. The van der Waals surface area contributed by atoms with E-state index in [0.717, 1.165) is 17.0 Å². The lowest BCUT2D eigenvalue weighted by Gasteiger charge is -2.14. The zero-order chi connectivity index (χ0) is 18.0. The molecule has 0 aliphatic heterocycles. The molecule has 0 aliphatic rings. The molecule has 1 N–H and O–H groups in total. The molecule has 0 saturated heterocycles. The van der Waals surface area contributed by atoms with Gasteiger partial charge in [-0.2, -0.15) is 4.98 Å². The minimum Gasteiger partial charge on any atom is -0.349 e. The summed E-state index contributed by atoms with van der Waals surface area (Å²) in [7, 11) is 0. The minimum atomic E-state index is -0.118. The molecule has 0 saturated carbocycles. The number of rotatable bonds is 5. The summed E-state index contributed by atoms with van der Waals surface area (Å²) in [4.78, 5) is 20.9. The summed E-state index contributed by atoms with van der Waals surface area (Å²) in [5.41, 5.74) is 2.81. The molecule has 0 unspecified atom stereocenters. The third-order valence-corrected chi connectivity index (χ3v) is 4.73. The molecule has 0 fully saturated rings. The molecule has 2 heterocycles. The van der Waals surface area contributed by atoms with E-state index in [4.69, 9.17) is 11.6 Å². The highest BCUT2D eigenvalue weighted by atomic mass is 35.5. The van der Waals surface area contributed by atoms with E-state index in [0.29, 0.717) is 16.0 Å². The van der Waals surface area contributed by atoms with Crippen LogP contribution in [-0.4, -0.2) is 31.2 Å². The normalized spacial score (nSPS) is 12.3. The Balaban J connectivity index is 1.61. The first kappa shape index (κ1) is 17.7. The molecule has 6 nitrogen and oxygen atoms in total. The van der Waals surface area contributed by atoms with Crippen molar-refractivity contribution in [3.8, 4) is 0 Å². The highest BCUT2D eigenvalue weighted by Crippen LogP contribution is 2.19. The number of amides is 1. The summed E-state index contributed by atoms with van der Waals surface area (Å²) < 4.78 is 1.68. The fourth-order valence-corrected chi connectivity index (χ4v) is 3.31. The summed E-state index contributed by atoms with van der Waals surface area (Å²) in [6.45, 7) is 5.79. The molecule has 25 heavy (non-hydrogen) atoms. The topological polar surface area (TPSA) is 72.2 Å². The molecule has 8 heteroatoms. The standard InChI is InChI=1S/C17H18ClN5OS/c1-10-7-11(2)23-16(19-10)21-17(22-23)25-9-15(24)20-12(3)13-5-4-6-14(18)8-13/h4-8,12H,9H2,1-3H3,(H,20,24)/t12-/m0/s1. The molecule has 0 spiro atoms. The van der Waals surface area contributed by atoms with Gasteiger partial charge in [0.25, 0.3) is 5.78 Å². The first-order valence-corrected chi connectivity index (χ1v) is 9.17. The number of aryl methyl sites for hydroxylation is 2. The number of fused-ring (bicyclic) bond motifs is 1. The van der Waals surface area contributed by atoms with Crippen molar-refractivity contribution in [1.29, 1.82) is 0 Å². The van der Waals surface area contributed by atoms with Gasteiger partial charge in [-0.3, -0.25) is 4.79 Å². The first-order chi connectivity index (χ1) is 11.9. The van der Waals surface area contributed by atoms with Gasteiger partial charge in [0.1, 0.15) is 0 Å². The SMILES string of the molecule is Cc1cc(C)n2nc(SCC(=O)N[C@@H](C)c3cccc(Cl)c3)nc2n1. The Bertz CT molecular complexity index is 927. The summed E-state index contributed by atoms with van der Waals surface area (Å²) in [5, 5.41) is 8.52. The van der Waals surface area contributed by atoms with Crippen molar-refractivity contribution in [2.45, 2.75) is 32.0 Å². The van der Waals surface area contributed by atoms with Crippen LogP contribution in [0.5, 0.6) is 0 Å². The van der Waals surface area contributed by atoms with Crippen molar-refractivity contribution in [3.63, 3.8) is 0 Å². The maximum atomic E-state index is 12.2. The predicted molar refractivity (Wildman–Crippen MR) is 99.0 cm³/mol. The van der Waals surface area contributed by atoms with Crippen LogP contribution in [0.3, 0.4) is 0 Å². The van der Waals surface area contributed by atoms with Gasteiger partial charge in [-0.25, -0.2) is 9.50 Å². The largest absolute Gasteiger partial charge is 0.349 e. The number of halogens is 1. The van der Waals surface area contributed by atoms with Gasteiger partial charge >= 0.3 is 0 Å². The molecule has 130 valence electrons. The van der Waals surface area contributed by atoms with Crippen LogP contribution in [-0.2, 0) is 4.79 Å². The van der Waals surface area contributed by atoms with Gasteiger partial charge in [0.15, 0.2) is 0 Å². The molecule has 0 radical (unpaired) electrons. The Kier molecular flexibility index (Phi) is 5.24. The second-order valence-corrected chi connectivity index (χ2v) is 7.16. The molecule has 1 atom stereocenters. The number of thioether (sulfide) groups is 1. The van der Waals surface area contributed by atoms with Gasteiger partial charge in [0.2, 0.25) is 11.1 Å². The number of benzene rings is 1. The van der Waals surface area contributed by atoms with Crippen LogP contribution in [0.2, 0.25) is 5.02 Å². The van der Waals surface area contributed by atoms with E-state index in [9.17, 15) is 4.79 Å². The zero-order valence-electron chi connectivity index (χ0n) is 14.2. The Morgan fingerprint density at radius 3 is 2.88 bits per heavy atom. The highest BCUT2D eigenvalue weighted by Gasteiger charge is 2.13. The van der Waals surface area contributed by atoms with E-state index >= 15 is 0 Å². The van der Waals surface area contributed by atoms with Crippen molar-refractivity contribution in [3.05, 3.63) is 52.3 Å². The van der Waals surface area contributed by atoms with Crippen molar-refractivity contribution in [1.82, 2.24) is 24.9 Å². The monoisotopic (exact) mass is 375 g/mol. The predicted octanol–water partition coefficient (Wildman–Crippen LogP) is 3.36. The van der Waals surface area contributed by atoms with Crippen molar-refractivity contribution < 1.29 is 4.79 Å². The molecule has 2 aromatic heterocycles. The van der Waals surface area contributed by atoms with E-state index in [-0.39, 0.29) is 17.7 Å². The molecular formula is C17H18ClN5OS. The van der Waals surface area contributed by atoms with Crippen LogP contribution in [0.4, 0.5) is 0 Å². The fourth-order valence-electron chi connectivity index (χ4n) is 2.48. The molecule has 3 rings (SSSR count). The van der Waals surface area contributed by atoms with Crippen LogP contribution in [0.25, 0.3) is 5.78 Å². The van der Waals surface area contributed by atoms with Crippen LogP contribution in [0, 0.1) is 13.8 Å². The average molecular weight is 376 g/mol. The number of carbonyl (C=O) groups is 1. The number of aromatic nitrogens is 4. The number of nitrogens with zero attached hydrogens (tertiary/aromatic N) is 4. The van der Waals surface area contributed by atoms with Gasteiger partial charge in [-0.1, -0.05) is 35.5 Å². The van der Waals surface area contributed by atoms with Crippen LogP contribution >= 0.6 is 23.4 Å². The zero-order valence-corrected chi connectivity index (χ0v) is 15.7. The smallest absolute Gasteiger partial charge is 0.253 e. The molecular weight excluding hydrogens is 358 g/mol. The quantitative estimate of drug-likeness (QED) is 0.692. The summed E-state index contributed by atoms with van der Waals surface area (Å²) in [5.74, 6) is 0.699. The summed E-state index contributed by atoms with van der Waals surface area (Å²) >= 11 is 7.28. The second kappa shape index (κ2) is 7.41. The van der Waals surface area contributed by atoms with Crippen LogP contribution in [0.1, 0.15) is 29.9 Å². The van der Waals surface area contributed by atoms with E-state index < -0.39 is 0 Å². The Labute approximate surface area is 155 Å². The van der Waals surface area contributed by atoms with E-state index in [1.165, 1.54) is 11.8 Å². The molecule has 3 aromatic rings. The maximum absolute atomic E-state index is 12.2. The number of carbonyl (C=O) groups excluding carboxylic acids is 1. The first-order valence-electron chi connectivity index (χ1n) is 7.81. The maximum Gasteiger partial charge on any atom is 0.253 e. The fraction of sp³-hybridized carbons (Fsp3) is 0.294. The lowest BCUT2D eigenvalue weighted by Crippen LogP contribution is -2.28. The van der Waals surface area contributed by atoms with E-state index in [1.54, 1.807) is 4.52 Å². The number of hydrogen-bond acceptors (Lipinski definition) is 5. The third-order valence-electron chi connectivity index (χ3n) is 3.66. The summed E-state index contributed by atoms with van der Waals surface area (Å²) in [6.07, 6.45) is 0. The van der Waals surface area contributed by atoms with Crippen LogP contribution in [0.15, 0.2) is 35.5 Å². The van der Waals surface area contributed by atoms with Gasteiger partial charge in [-0.05, 0) is 44.5 Å². The van der Waals surface area contributed by atoms with E-state index in [2.05, 4.69) is 20.4 Å². The number of nitrogens with one attached hydrogen (secondary N) is 1. The van der Waals surface area contributed by atoms with Gasteiger partial charge in [-0.15, -0.1) is 5.10 Å². The van der Waals surface area contributed by atoms with Crippen molar-refractivity contribution in [2.75, 3.05) is 5.75 Å². The van der Waals surface area contributed by atoms with Gasteiger partial charge in [0.05, 0.1) is 11.8 Å². The molecule has 0 aliphatic carbocycles. The van der Waals surface area contributed by atoms with Crippen LogP contribution < -0.4 is 5.32 Å². The third kappa shape index (κ3) is 4.29. The lowest BCUT2D eigenvalue weighted by atomic mass is 10.1. The minimum absolute atomic E-state index is 0.0859. The average Bonchev–Trinajstić information content (AvgIpc) is 2.96.